The number of rotatable bonds is 6. The van der Waals surface area contributed by atoms with Crippen LogP contribution in [-0.4, -0.2) is 17.1 Å². The van der Waals surface area contributed by atoms with Gasteiger partial charge in [-0.1, -0.05) is 13.3 Å². The zero-order valence-electron chi connectivity index (χ0n) is 10.4. The minimum atomic E-state index is -0.322. The third kappa shape index (κ3) is 4.42. The first kappa shape index (κ1) is 14.0. The van der Waals surface area contributed by atoms with Crippen LogP contribution in [0.2, 0.25) is 0 Å². The fraction of sp³-hybridized carbons (Fsp3) is 0.462. The molecule has 96 valence electrons. The smallest absolute Gasteiger partial charge is 0.307 e. The molecule has 0 amide bonds. The van der Waals surface area contributed by atoms with E-state index < -0.39 is 0 Å². The van der Waals surface area contributed by atoms with E-state index in [1.807, 2.05) is 13.0 Å². The van der Waals surface area contributed by atoms with E-state index in [1.165, 1.54) is 22.9 Å². The van der Waals surface area contributed by atoms with Gasteiger partial charge in [0, 0.05) is 18.8 Å². The largest absolute Gasteiger partial charge is 0.466 e. The molecule has 0 aliphatic carbocycles. The number of aryl methyl sites for hydroxylation is 1. The van der Waals surface area contributed by atoms with Crippen molar-refractivity contribution in [3.8, 4) is 6.07 Å². The second-order valence-corrected chi connectivity index (χ2v) is 3.89. The summed E-state index contributed by atoms with van der Waals surface area (Å²) in [5.41, 5.74) is 0.171. The molecule has 18 heavy (non-hydrogen) atoms. The van der Waals surface area contributed by atoms with Gasteiger partial charge in [-0.3, -0.25) is 9.59 Å². The number of unbranched alkanes of at least 4 members (excludes halogenated alkanes) is 1. The number of hydrogen-bond acceptors (Lipinski definition) is 4. The summed E-state index contributed by atoms with van der Waals surface area (Å²) in [6, 6.07) is 4.73. The molecule has 0 atom stereocenters. The van der Waals surface area contributed by atoms with Crippen molar-refractivity contribution in [2.45, 2.75) is 32.7 Å². The highest BCUT2D eigenvalue weighted by Gasteiger charge is 2.04. The van der Waals surface area contributed by atoms with Crippen molar-refractivity contribution >= 4 is 5.97 Å². The molecule has 0 aliphatic heterocycles. The van der Waals surface area contributed by atoms with Gasteiger partial charge < -0.3 is 9.30 Å². The summed E-state index contributed by atoms with van der Waals surface area (Å²) in [5, 5.41) is 8.72. The van der Waals surface area contributed by atoms with Crippen molar-refractivity contribution in [2.24, 2.45) is 0 Å². The molecule has 0 spiro atoms. The molecule has 0 fully saturated rings. The Bertz CT molecular complexity index is 500. The Morgan fingerprint density at radius 1 is 1.50 bits per heavy atom. The van der Waals surface area contributed by atoms with Gasteiger partial charge in [0.25, 0.3) is 5.56 Å². The van der Waals surface area contributed by atoms with Gasteiger partial charge in [-0.15, -0.1) is 0 Å². The number of carbonyl (C=O) groups excluding carboxylic acids is 1. The summed E-state index contributed by atoms with van der Waals surface area (Å²) in [7, 11) is 0. The van der Waals surface area contributed by atoms with Crippen molar-refractivity contribution in [1.29, 1.82) is 5.26 Å². The van der Waals surface area contributed by atoms with E-state index in [2.05, 4.69) is 0 Å². The number of ether oxygens (including phenoxy) is 1. The summed E-state index contributed by atoms with van der Waals surface area (Å²) in [6.45, 7) is 2.67. The Hall–Kier alpha value is -2.09. The maximum absolute atomic E-state index is 11.5. The van der Waals surface area contributed by atoms with Crippen LogP contribution in [0.15, 0.2) is 23.1 Å². The van der Waals surface area contributed by atoms with Gasteiger partial charge in [-0.05, 0) is 12.5 Å². The number of aromatic nitrogens is 1. The first-order chi connectivity index (χ1) is 8.67. The average molecular weight is 248 g/mol. The normalized spacial score (nSPS) is 9.78. The van der Waals surface area contributed by atoms with Crippen molar-refractivity contribution < 1.29 is 9.53 Å². The lowest BCUT2D eigenvalue weighted by Crippen LogP contribution is -2.21. The van der Waals surface area contributed by atoms with Gasteiger partial charge in [0.1, 0.15) is 6.07 Å². The van der Waals surface area contributed by atoms with Crippen molar-refractivity contribution in [2.75, 3.05) is 6.61 Å². The maximum atomic E-state index is 11.5. The fourth-order valence-electron chi connectivity index (χ4n) is 1.39. The zero-order chi connectivity index (χ0) is 13.4. The Kier molecular flexibility index (Phi) is 5.65. The number of pyridine rings is 1. The summed E-state index contributed by atoms with van der Waals surface area (Å²) >= 11 is 0. The molecule has 0 bridgehead atoms. The van der Waals surface area contributed by atoms with E-state index in [0.717, 1.165) is 12.8 Å². The van der Waals surface area contributed by atoms with Crippen LogP contribution in [0.25, 0.3) is 0 Å². The second kappa shape index (κ2) is 7.28. The third-order valence-corrected chi connectivity index (χ3v) is 2.43. The molecule has 1 aromatic rings. The molecule has 0 saturated heterocycles. The highest BCUT2D eigenvalue weighted by molar-refractivity contribution is 5.69. The van der Waals surface area contributed by atoms with E-state index in [4.69, 9.17) is 10.00 Å². The molecule has 5 nitrogen and oxygen atoms in total. The summed E-state index contributed by atoms with van der Waals surface area (Å²) < 4.78 is 6.33. The van der Waals surface area contributed by atoms with Crippen LogP contribution in [0.4, 0.5) is 0 Å². The molecule has 1 aromatic heterocycles. The average Bonchev–Trinajstić information content (AvgIpc) is 2.38. The van der Waals surface area contributed by atoms with E-state index in [-0.39, 0.29) is 24.5 Å². The highest BCUT2D eigenvalue weighted by Crippen LogP contribution is 1.97. The molecule has 0 N–H and O–H groups in total. The minimum absolute atomic E-state index is 0.137. The number of esters is 1. The van der Waals surface area contributed by atoms with E-state index in [0.29, 0.717) is 12.2 Å². The van der Waals surface area contributed by atoms with Gasteiger partial charge in [-0.25, -0.2) is 0 Å². The third-order valence-electron chi connectivity index (χ3n) is 2.43. The van der Waals surface area contributed by atoms with Crippen LogP contribution < -0.4 is 5.56 Å². The molecule has 0 aromatic carbocycles. The summed E-state index contributed by atoms with van der Waals surface area (Å²) in [4.78, 5) is 22.8. The topological polar surface area (TPSA) is 72.1 Å². The number of carbonyl (C=O) groups is 1. The fourth-order valence-corrected chi connectivity index (χ4v) is 1.39. The molecule has 1 heterocycles. The first-order valence-corrected chi connectivity index (χ1v) is 5.93. The van der Waals surface area contributed by atoms with Gasteiger partial charge >= 0.3 is 5.97 Å². The van der Waals surface area contributed by atoms with Crippen LogP contribution >= 0.6 is 0 Å². The Labute approximate surface area is 106 Å². The zero-order valence-corrected chi connectivity index (χ0v) is 10.4. The lowest BCUT2D eigenvalue weighted by molar-refractivity contribution is -0.144. The van der Waals surface area contributed by atoms with Crippen LogP contribution in [0.3, 0.4) is 0 Å². The van der Waals surface area contributed by atoms with Gasteiger partial charge in [0.15, 0.2) is 0 Å². The molecular weight excluding hydrogens is 232 g/mol. The van der Waals surface area contributed by atoms with Crippen molar-refractivity contribution in [1.82, 2.24) is 4.57 Å². The maximum Gasteiger partial charge on any atom is 0.307 e. The quantitative estimate of drug-likeness (QED) is 0.564. The van der Waals surface area contributed by atoms with Gasteiger partial charge in [0.2, 0.25) is 0 Å². The SMILES string of the molecule is CCCCOC(=O)CCn1cc(C#N)ccc1=O. The number of nitrogens with zero attached hydrogens (tertiary/aromatic N) is 2. The molecule has 1 rings (SSSR count). The number of hydrogen-bond donors (Lipinski definition) is 0. The molecular formula is C13H16N2O3. The standard InChI is InChI=1S/C13H16N2O3/c1-2-3-8-18-13(17)6-7-15-10-11(9-14)4-5-12(15)16/h4-5,10H,2-3,6-8H2,1H3. The van der Waals surface area contributed by atoms with Crippen LogP contribution in [-0.2, 0) is 16.1 Å². The lowest BCUT2D eigenvalue weighted by atomic mass is 10.3. The molecule has 5 heteroatoms. The van der Waals surface area contributed by atoms with E-state index in [1.54, 1.807) is 0 Å². The monoisotopic (exact) mass is 248 g/mol. The van der Waals surface area contributed by atoms with Crippen molar-refractivity contribution in [3.05, 3.63) is 34.2 Å². The molecule has 0 radical (unpaired) electrons. The second-order valence-electron chi connectivity index (χ2n) is 3.89. The van der Waals surface area contributed by atoms with Crippen LogP contribution in [0, 0.1) is 11.3 Å². The van der Waals surface area contributed by atoms with Gasteiger partial charge in [-0.2, -0.15) is 5.26 Å². The summed E-state index contributed by atoms with van der Waals surface area (Å²) in [5.74, 6) is -0.322. The van der Waals surface area contributed by atoms with Gasteiger partial charge in [0.05, 0.1) is 18.6 Å². The van der Waals surface area contributed by atoms with Crippen LogP contribution in [0.5, 0.6) is 0 Å². The lowest BCUT2D eigenvalue weighted by Gasteiger charge is -2.06. The molecule has 0 unspecified atom stereocenters. The van der Waals surface area contributed by atoms with Crippen LogP contribution in [0.1, 0.15) is 31.7 Å². The Morgan fingerprint density at radius 2 is 2.28 bits per heavy atom. The highest BCUT2D eigenvalue weighted by atomic mass is 16.5. The van der Waals surface area contributed by atoms with Crippen molar-refractivity contribution in [3.63, 3.8) is 0 Å². The Balaban J connectivity index is 2.51. The predicted octanol–water partition coefficient (Wildman–Crippen LogP) is 1.45. The van der Waals surface area contributed by atoms with E-state index in [9.17, 15) is 9.59 Å². The minimum Gasteiger partial charge on any atom is -0.466 e. The van der Waals surface area contributed by atoms with E-state index >= 15 is 0 Å². The predicted molar refractivity (Wildman–Crippen MR) is 65.9 cm³/mol. The molecule has 0 aliphatic rings. The first-order valence-electron chi connectivity index (χ1n) is 5.93. The summed E-state index contributed by atoms with van der Waals surface area (Å²) in [6.07, 6.45) is 3.40. The molecule has 0 saturated carbocycles. The number of nitriles is 1. The Morgan fingerprint density at radius 3 is 2.94 bits per heavy atom.